The number of carboxylic acid groups (broad SMARTS) is 1. The minimum Gasteiger partial charge on any atom is -0.497 e. The van der Waals surface area contributed by atoms with Gasteiger partial charge in [0.05, 0.1) is 24.1 Å². The minimum absolute atomic E-state index is 0.130. The van der Waals surface area contributed by atoms with Crippen molar-refractivity contribution in [2.24, 2.45) is 5.41 Å². The van der Waals surface area contributed by atoms with Gasteiger partial charge in [0.25, 0.3) is 0 Å². The Balaban J connectivity index is 1.77. The number of fused-ring (bicyclic) bond motifs is 1. The maximum absolute atomic E-state index is 13.1. The van der Waals surface area contributed by atoms with E-state index in [2.05, 4.69) is 24.1 Å². The number of anilines is 2. The number of para-hydroxylation sites is 1. The first kappa shape index (κ1) is 22.7. The highest BCUT2D eigenvalue weighted by Crippen LogP contribution is 2.35. The Bertz CT molecular complexity index is 1240. The molecule has 1 saturated heterocycles. The molecule has 3 aromatic rings. The molecule has 4 rings (SSSR count). The number of carboxylic acids is 1. The van der Waals surface area contributed by atoms with E-state index in [4.69, 9.17) is 9.15 Å². The fourth-order valence-electron chi connectivity index (χ4n) is 4.28. The lowest BCUT2D eigenvalue weighted by atomic mass is 9.83. The zero-order valence-corrected chi connectivity index (χ0v) is 19.5. The molecule has 7 heteroatoms. The number of hydrogen-bond acceptors (Lipinski definition) is 6. The highest BCUT2D eigenvalue weighted by Gasteiger charge is 2.27. The van der Waals surface area contributed by atoms with E-state index in [1.54, 1.807) is 43.5 Å². The first-order valence-corrected chi connectivity index (χ1v) is 11.2. The van der Waals surface area contributed by atoms with Crippen LogP contribution in [-0.4, -0.2) is 31.3 Å². The van der Waals surface area contributed by atoms with Crippen LogP contribution < -0.4 is 20.4 Å². The van der Waals surface area contributed by atoms with Gasteiger partial charge in [0.15, 0.2) is 11.3 Å². The van der Waals surface area contributed by atoms with Crippen LogP contribution in [0, 0.1) is 5.41 Å². The first-order chi connectivity index (χ1) is 15.7. The molecule has 174 valence electrons. The molecule has 1 atom stereocenters. The van der Waals surface area contributed by atoms with Gasteiger partial charge in [0.1, 0.15) is 11.3 Å². The molecular formula is C26H30N2O5. The van der Waals surface area contributed by atoms with Gasteiger partial charge in [-0.1, -0.05) is 26.0 Å². The average molecular weight is 451 g/mol. The zero-order chi connectivity index (χ0) is 23.8. The number of ether oxygens (including phenoxy) is 1. The summed E-state index contributed by atoms with van der Waals surface area (Å²) >= 11 is 0. The van der Waals surface area contributed by atoms with Crippen LogP contribution in [0.15, 0.2) is 51.7 Å². The van der Waals surface area contributed by atoms with Gasteiger partial charge >= 0.3 is 5.97 Å². The number of aromatic carboxylic acids is 1. The third-order valence-electron chi connectivity index (χ3n) is 6.48. The zero-order valence-electron chi connectivity index (χ0n) is 19.5. The van der Waals surface area contributed by atoms with Gasteiger partial charge in [-0.2, -0.15) is 0 Å². The molecule has 2 heterocycles. The molecule has 0 bridgehead atoms. The van der Waals surface area contributed by atoms with Gasteiger partial charge in [-0.25, -0.2) is 4.79 Å². The van der Waals surface area contributed by atoms with Gasteiger partial charge < -0.3 is 24.5 Å². The summed E-state index contributed by atoms with van der Waals surface area (Å²) in [5.74, 6) is 0.0904. The van der Waals surface area contributed by atoms with E-state index in [0.717, 1.165) is 31.5 Å². The summed E-state index contributed by atoms with van der Waals surface area (Å²) in [6.45, 7) is 8.07. The Morgan fingerprint density at radius 1 is 1.18 bits per heavy atom. The van der Waals surface area contributed by atoms with E-state index in [0.29, 0.717) is 28.3 Å². The fourth-order valence-corrected chi connectivity index (χ4v) is 4.28. The van der Waals surface area contributed by atoms with Crippen LogP contribution >= 0.6 is 0 Å². The van der Waals surface area contributed by atoms with Crippen molar-refractivity contribution in [3.8, 4) is 5.75 Å². The molecule has 1 aliphatic rings. The third kappa shape index (κ3) is 4.67. The number of benzene rings is 2. The summed E-state index contributed by atoms with van der Waals surface area (Å²) in [5.41, 5.74) is 2.02. The molecule has 0 radical (unpaired) electrons. The Kier molecular flexibility index (Phi) is 6.06. The molecule has 0 saturated carbocycles. The Morgan fingerprint density at radius 2 is 1.88 bits per heavy atom. The normalized spacial score (nSPS) is 16.4. The predicted molar refractivity (Wildman–Crippen MR) is 130 cm³/mol. The van der Waals surface area contributed by atoms with E-state index in [1.807, 2.05) is 13.0 Å². The highest BCUT2D eigenvalue weighted by molar-refractivity contribution is 5.94. The number of nitrogens with one attached hydrogen (secondary N) is 1. The second kappa shape index (κ2) is 8.81. The largest absolute Gasteiger partial charge is 0.497 e. The highest BCUT2D eigenvalue weighted by atomic mass is 16.5. The smallest absolute Gasteiger partial charge is 0.337 e. The molecule has 0 spiro atoms. The number of piperidine rings is 1. The molecule has 0 aliphatic carbocycles. The van der Waals surface area contributed by atoms with Crippen LogP contribution in [0.3, 0.4) is 0 Å². The van der Waals surface area contributed by atoms with Gasteiger partial charge in [-0.05, 0) is 49.4 Å². The second-order valence-electron chi connectivity index (χ2n) is 9.41. The standard InChI is InChI=1S/C26H30N2O5/c1-16(27-21-8-6-5-7-18(21)25(30)31)19-13-17(32-4)14-20-22(29)15-23(33-24(19)20)28-11-9-26(2,3)10-12-28/h5-8,13-16,27H,9-12H2,1-4H3,(H,30,31). The van der Waals surface area contributed by atoms with Crippen molar-refractivity contribution in [2.45, 2.75) is 39.7 Å². The van der Waals surface area contributed by atoms with Crippen LogP contribution in [0.2, 0.25) is 0 Å². The first-order valence-electron chi connectivity index (χ1n) is 11.2. The summed E-state index contributed by atoms with van der Waals surface area (Å²) in [5, 5.41) is 13.2. The van der Waals surface area contributed by atoms with Gasteiger partial charge in [-0.3, -0.25) is 4.79 Å². The lowest BCUT2D eigenvalue weighted by molar-refractivity contribution is 0.0698. The van der Waals surface area contributed by atoms with Crippen molar-refractivity contribution in [1.82, 2.24) is 0 Å². The SMILES string of the molecule is COc1cc(C(C)Nc2ccccc2C(=O)O)c2oc(N3CCC(C)(C)CC3)cc(=O)c2c1. The maximum Gasteiger partial charge on any atom is 0.337 e. The Morgan fingerprint density at radius 3 is 2.55 bits per heavy atom. The molecule has 33 heavy (non-hydrogen) atoms. The van der Waals surface area contributed by atoms with Gasteiger partial charge in [-0.15, -0.1) is 0 Å². The average Bonchev–Trinajstić information content (AvgIpc) is 2.78. The molecule has 1 fully saturated rings. The van der Waals surface area contributed by atoms with Gasteiger partial charge in [0, 0.05) is 30.4 Å². The van der Waals surface area contributed by atoms with E-state index < -0.39 is 5.97 Å². The Hall–Kier alpha value is -3.48. The summed E-state index contributed by atoms with van der Waals surface area (Å²) in [4.78, 5) is 26.8. The molecule has 2 N–H and O–H groups in total. The fraction of sp³-hybridized carbons (Fsp3) is 0.385. The molecule has 1 aliphatic heterocycles. The monoisotopic (exact) mass is 450 g/mol. The van der Waals surface area contributed by atoms with Crippen molar-refractivity contribution in [1.29, 1.82) is 0 Å². The van der Waals surface area contributed by atoms with Crippen molar-refractivity contribution in [3.63, 3.8) is 0 Å². The van der Waals surface area contributed by atoms with Crippen LogP contribution in [0.4, 0.5) is 11.6 Å². The van der Waals surface area contributed by atoms with E-state index >= 15 is 0 Å². The van der Waals surface area contributed by atoms with Crippen LogP contribution in [0.25, 0.3) is 11.0 Å². The van der Waals surface area contributed by atoms with E-state index in [9.17, 15) is 14.7 Å². The lowest BCUT2D eigenvalue weighted by Crippen LogP contribution is -2.37. The number of methoxy groups -OCH3 is 1. The molecule has 7 nitrogen and oxygen atoms in total. The number of hydrogen-bond donors (Lipinski definition) is 2. The summed E-state index contributed by atoms with van der Waals surface area (Å²) in [6.07, 6.45) is 2.04. The number of rotatable bonds is 6. The third-order valence-corrected chi connectivity index (χ3v) is 6.48. The summed E-state index contributed by atoms with van der Waals surface area (Å²) in [6, 6.07) is 11.5. The van der Waals surface area contributed by atoms with Crippen molar-refractivity contribution in [3.05, 3.63) is 63.8 Å². The minimum atomic E-state index is -1.01. The number of carbonyl (C=O) groups is 1. The quantitative estimate of drug-likeness (QED) is 0.526. The predicted octanol–water partition coefficient (Wildman–Crippen LogP) is 5.30. The van der Waals surface area contributed by atoms with Crippen LogP contribution in [0.5, 0.6) is 5.75 Å². The molecule has 2 aromatic carbocycles. The molecule has 1 unspecified atom stereocenters. The Labute approximate surface area is 193 Å². The topological polar surface area (TPSA) is 92.0 Å². The van der Waals surface area contributed by atoms with E-state index in [1.165, 1.54) is 0 Å². The van der Waals surface area contributed by atoms with Crippen LogP contribution in [-0.2, 0) is 0 Å². The van der Waals surface area contributed by atoms with Gasteiger partial charge in [0.2, 0.25) is 0 Å². The summed E-state index contributed by atoms with van der Waals surface area (Å²) < 4.78 is 11.8. The maximum atomic E-state index is 13.1. The van der Waals surface area contributed by atoms with Crippen molar-refractivity contribution < 1.29 is 19.1 Å². The van der Waals surface area contributed by atoms with Crippen molar-refractivity contribution in [2.75, 3.05) is 30.4 Å². The van der Waals surface area contributed by atoms with E-state index in [-0.39, 0.29) is 22.4 Å². The number of nitrogens with zero attached hydrogens (tertiary/aromatic N) is 1. The molecular weight excluding hydrogens is 420 g/mol. The second-order valence-corrected chi connectivity index (χ2v) is 9.41. The molecule has 0 amide bonds. The van der Waals surface area contributed by atoms with Crippen molar-refractivity contribution >= 4 is 28.5 Å². The van der Waals surface area contributed by atoms with Crippen LogP contribution in [0.1, 0.15) is 55.6 Å². The summed E-state index contributed by atoms with van der Waals surface area (Å²) in [7, 11) is 1.55. The lowest BCUT2D eigenvalue weighted by Gasteiger charge is -2.37. The molecule has 1 aromatic heterocycles.